The zero-order valence-electron chi connectivity index (χ0n) is 13.7. The van der Waals surface area contributed by atoms with E-state index in [1.165, 1.54) is 30.0 Å². The predicted octanol–water partition coefficient (Wildman–Crippen LogP) is 3.32. The fraction of sp³-hybridized carbons (Fsp3) is 0.211. The number of anilines is 1. The number of amides is 1. The van der Waals surface area contributed by atoms with Gasteiger partial charge in [-0.05, 0) is 37.3 Å². The number of carbonyl (C=O) groups is 2. The zero-order valence-corrected chi connectivity index (χ0v) is 13.7. The van der Waals surface area contributed by atoms with Crippen molar-refractivity contribution in [3.05, 3.63) is 66.0 Å². The second-order valence-corrected chi connectivity index (χ2v) is 5.29. The van der Waals surface area contributed by atoms with E-state index in [2.05, 4.69) is 0 Å². The molecule has 0 saturated carbocycles. The average Bonchev–Trinajstić information content (AvgIpc) is 2.62. The molecule has 0 fully saturated rings. The van der Waals surface area contributed by atoms with Crippen LogP contribution in [0.1, 0.15) is 23.7 Å². The highest BCUT2D eigenvalue weighted by atomic mass is 19.1. The molecule has 0 saturated heterocycles. The molecule has 2 rings (SSSR count). The molecule has 1 amide bonds. The maximum atomic E-state index is 13.2. The average molecular weight is 340 g/mol. The van der Waals surface area contributed by atoms with Gasteiger partial charge >= 0.3 is 5.97 Å². The molecule has 0 aliphatic heterocycles. The summed E-state index contributed by atoms with van der Waals surface area (Å²) >= 11 is 0. The molecule has 0 N–H and O–H groups in total. The molecule has 5 nitrogen and oxygen atoms in total. The lowest BCUT2D eigenvalue weighted by atomic mass is 10.2. The van der Waals surface area contributed by atoms with Crippen molar-refractivity contribution in [3.63, 3.8) is 0 Å². The van der Waals surface area contributed by atoms with Gasteiger partial charge in [-0.1, -0.05) is 24.3 Å². The Morgan fingerprint density at radius 1 is 1.20 bits per heavy atom. The number of halogens is 1. The Morgan fingerprint density at radius 3 is 2.56 bits per heavy atom. The summed E-state index contributed by atoms with van der Waals surface area (Å²) in [6.07, 6.45) is -0.930. The highest BCUT2D eigenvalue weighted by Crippen LogP contribution is 2.17. The number of ether oxygens (including phenoxy) is 1. The van der Waals surface area contributed by atoms with Gasteiger partial charge in [0, 0.05) is 12.2 Å². The number of rotatable bonds is 6. The Bertz CT molecular complexity index is 787. The van der Waals surface area contributed by atoms with Crippen LogP contribution >= 0.6 is 0 Å². The second-order valence-electron chi connectivity index (χ2n) is 5.29. The van der Waals surface area contributed by atoms with E-state index in [9.17, 15) is 14.0 Å². The third-order valence-electron chi connectivity index (χ3n) is 3.47. The van der Waals surface area contributed by atoms with Gasteiger partial charge in [0.15, 0.2) is 6.10 Å². The maximum absolute atomic E-state index is 13.2. The van der Waals surface area contributed by atoms with Crippen LogP contribution in [-0.2, 0) is 9.53 Å². The minimum Gasteiger partial charge on any atom is -0.449 e. The normalized spacial score (nSPS) is 11.2. The Balaban J connectivity index is 2.12. The molecule has 0 heterocycles. The number of carbonyl (C=O) groups excluding carboxylic acids is 2. The smallest absolute Gasteiger partial charge is 0.339 e. The van der Waals surface area contributed by atoms with Crippen LogP contribution < -0.4 is 4.90 Å². The molecule has 1 atom stereocenters. The molecule has 6 heteroatoms. The molecule has 0 radical (unpaired) electrons. The van der Waals surface area contributed by atoms with Crippen LogP contribution in [0.5, 0.6) is 0 Å². The summed E-state index contributed by atoms with van der Waals surface area (Å²) in [5.41, 5.74) is 0.638. The van der Waals surface area contributed by atoms with Crippen LogP contribution in [0.2, 0.25) is 0 Å². The highest BCUT2D eigenvalue weighted by molar-refractivity contribution is 5.99. The van der Waals surface area contributed by atoms with Gasteiger partial charge in [-0.3, -0.25) is 4.79 Å². The SMILES string of the molecule is CC(OC(=O)c1cccc(F)c1)C(=O)N(CCC#N)c1ccccc1. The molecule has 0 aliphatic carbocycles. The summed E-state index contributed by atoms with van der Waals surface area (Å²) in [5, 5.41) is 8.79. The monoisotopic (exact) mass is 340 g/mol. The van der Waals surface area contributed by atoms with Gasteiger partial charge in [-0.25, -0.2) is 9.18 Å². The quantitative estimate of drug-likeness (QED) is 0.756. The third-order valence-corrected chi connectivity index (χ3v) is 3.47. The molecule has 0 bridgehead atoms. The van der Waals surface area contributed by atoms with Crippen LogP contribution in [0.4, 0.5) is 10.1 Å². The van der Waals surface area contributed by atoms with Crippen molar-refractivity contribution >= 4 is 17.6 Å². The van der Waals surface area contributed by atoms with Crippen molar-refractivity contribution in [3.8, 4) is 6.07 Å². The molecule has 0 aromatic heterocycles. The third kappa shape index (κ3) is 4.88. The maximum Gasteiger partial charge on any atom is 0.339 e. The van der Waals surface area contributed by atoms with Crippen LogP contribution in [-0.4, -0.2) is 24.5 Å². The first-order chi connectivity index (χ1) is 12.0. The van der Waals surface area contributed by atoms with Crippen LogP contribution in [0.15, 0.2) is 54.6 Å². The Morgan fingerprint density at radius 2 is 1.92 bits per heavy atom. The molecule has 2 aromatic rings. The minimum absolute atomic E-state index is 0.0305. The topological polar surface area (TPSA) is 70.4 Å². The summed E-state index contributed by atoms with van der Waals surface area (Å²) in [5.74, 6) is -1.80. The van der Waals surface area contributed by atoms with Crippen LogP contribution in [0, 0.1) is 17.1 Å². The molecular weight excluding hydrogens is 323 g/mol. The zero-order chi connectivity index (χ0) is 18.2. The van der Waals surface area contributed by atoms with Gasteiger partial charge in [0.1, 0.15) is 5.82 Å². The van der Waals surface area contributed by atoms with Gasteiger partial charge in [0.25, 0.3) is 5.91 Å². The molecule has 0 aliphatic rings. The van der Waals surface area contributed by atoms with E-state index in [0.717, 1.165) is 6.07 Å². The largest absolute Gasteiger partial charge is 0.449 e. The Hall–Kier alpha value is -3.20. The fourth-order valence-corrected chi connectivity index (χ4v) is 2.25. The van der Waals surface area contributed by atoms with E-state index in [1.54, 1.807) is 24.3 Å². The first-order valence-corrected chi connectivity index (χ1v) is 7.73. The Labute approximate surface area is 145 Å². The molecule has 2 aromatic carbocycles. The van der Waals surface area contributed by atoms with Gasteiger partial charge in [0.05, 0.1) is 18.1 Å². The first kappa shape index (κ1) is 18.1. The summed E-state index contributed by atoms with van der Waals surface area (Å²) in [4.78, 5) is 26.1. The predicted molar refractivity (Wildman–Crippen MR) is 90.3 cm³/mol. The molecular formula is C19H17FN2O3. The molecule has 1 unspecified atom stereocenters. The van der Waals surface area contributed by atoms with Crippen molar-refractivity contribution in [1.82, 2.24) is 0 Å². The van der Waals surface area contributed by atoms with Crippen molar-refractivity contribution in [2.75, 3.05) is 11.4 Å². The first-order valence-electron chi connectivity index (χ1n) is 7.73. The number of benzene rings is 2. The second kappa shape index (κ2) is 8.60. The Kier molecular flexibility index (Phi) is 6.24. The van der Waals surface area contributed by atoms with Crippen molar-refractivity contribution in [2.24, 2.45) is 0 Å². The summed E-state index contributed by atoms with van der Waals surface area (Å²) in [7, 11) is 0. The number of hydrogen-bond acceptors (Lipinski definition) is 4. The van der Waals surface area contributed by atoms with Gasteiger partial charge < -0.3 is 9.64 Å². The lowest BCUT2D eigenvalue weighted by Crippen LogP contribution is -2.40. The van der Waals surface area contributed by atoms with E-state index in [0.29, 0.717) is 5.69 Å². The fourth-order valence-electron chi connectivity index (χ4n) is 2.25. The number of hydrogen-bond donors (Lipinski definition) is 0. The number of para-hydroxylation sites is 1. The number of nitrogens with zero attached hydrogens (tertiary/aromatic N) is 2. The van der Waals surface area contributed by atoms with Gasteiger partial charge in [0.2, 0.25) is 0 Å². The van der Waals surface area contributed by atoms with Crippen LogP contribution in [0.3, 0.4) is 0 Å². The summed E-state index contributed by atoms with van der Waals surface area (Å²) < 4.78 is 18.4. The van der Waals surface area contributed by atoms with E-state index in [4.69, 9.17) is 10.00 Å². The van der Waals surface area contributed by atoms with Gasteiger partial charge in [-0.2, -0.15) is 5.26 Å². The standard InChI is InChI=1S/C19H17FN2O3/c1-14(25-19(24)15-7-5-8-16(20)13-15)18(23)22(12-6-11-21)17-9-3-2-4-10-17/h2-5,7-10,13-14H,6,12H2,1H3. The minimum atomic E-state index is -1.07. The lowest BCUT2D eigenvalue weighted by Gasteiger charge is -2.25. The number of esters is 1. The molecule has 128 valence electrons. The molecule has 25 heavy (non-hydrogen) atoms. The highest BCUT2D eigenvalue weighted by Gasteiger charge is 2.25. The van der Waals surface area contributed by atoms with Crippen molar-refractivity contribution in [1.29, 1.82) is 5.26 Å². The van der Waals surface area contributed by atoms with E-state index in [1.807, 2.05) is 12.1 Å². The number of nitriles is 1. The summed E-state index contributed by atoms with van der Waals surface area (Å²) in [6, 6.07) is 15.9. The van der Waals surface area contributed by atoms with E-state index in [-0.39, 0.29) is 18.5 Å². The summed E-state index contributed by atoms with van der Waals surface area (Å²) in [6.45, 7) is 1.63. The van der Waals surface area contributed by atoms with E-state index < -0.39 is 23.8 Å². The lowest BCUT2D eigenvalue weighted by molar-refractivity contribution is -0.126. The van der Waals surface area contributed by atoms with Crippen molar-refractivity contribution in [2.45, 2.75) is 19.4 Å². The molecule has 0 spiro atoms. The van der Waals surface area contributed by atoms with Crippen LogP contribution in [0.25, 0.3) is 0 Å². The van der Waals surface area contributed by atoms with Gasteiger partial charge in [-0.15, -0.1) is 0 Å². The van der Waals surface area contributed by atoms with Crippen molar-refractivity contribution < 1.29 is 18.7 Å². The van der Waals surface area contributed by atoms with E-state index >= 15 is 0 Å².